The highest BCUT2D eigenvalue weighted by Gasteiger charge is 2.21. The highest BCUT2D eigenvalue weighted by Crippen LogP contribution is 2.25. The fourth-order valence-electron chi connectivity index (χ4n) is 1.70. The minimum absolute atomic E-state index is 0.220. The maximum absolute atomic E-state index is 11.0. The van der Waals surface area contributed by atoms with E-state index < -0.39 is 0 Å². The normalized spacial score (nSPS) is 20.7. The van der Waals surface area contributed by atoms with Gasteiger partial charge in [0.25, 0.3) is 0 Å². The Morgan fingerprint density at radius 3 is 3.00 bits per heavy atom. The van der Waals surface area contributed by atoms with Gasteiger partial charge in [-0.25, -0.2) is 0 Å². The number of aliphatic imine (C=N–C) groups is 1. The molecule has 0 spiro atoms. The summed E-state index contributed by atoms with van der Waals surface area (Å²) in [5.74, 6) is 0.753. The lowest BCUT2D eigenvalue weighted by atomic mass is 10.1. The van der Waals surface area contributed by atoms with Gasteiger partial charge in [-0.3, -0.25) is 9.79 Å². The molecule has 0 aliphatic carbocycles. The van der Waals surface area contributed by atoms with Crippen LogP contribution in [0.25, 0.3) is 0 Å². The third-order valence-electron chi connectivity index (χ3n) is 2.69. The van der Waals surface area contributed by atoms with Crippen LogP contribution in [0.5, 0.6) is 0 Å². The first-order valence-corrected chi connectivity index (χ1v) is 6.83. The zero-order valence-corrected chi connectivity index (χ0v) is 11.1. The van der Waals surface area contributed by atoms with E-state index in [1.807, 2.05) is 18.2 Å². The predicted octanol–water partition coefficient (Wildman–Crippen LogP) is 1.98. The maximum atomic E-state index is 11.0. The number of hydrogen-bond donors (Lipinski definition) is 1. The summed E-state index contributed by atoms with van der Waals surface area (Å²) in [7, 11) is 1.39. The first-order chi connectivity index (χ1) is 8.79. The van der Waals surface area contributed by atoms with E-state index in [1.165, 1.54) is 12.7 Å². The molecular formula is C13H16N2O2S. The summed E-state index contributed by atoms with van der Waals surface area (Å²) >= 11 is 1.69. The molecular weight excluding hydrogens is 248 g/mol. The summed E-state index contributed by atoms with van der Waals surface area (Å²) in [6.45, 7) is 0.476. The number of carbonyl (C=O) groups excluding carboxylic acids is 1. The molecule has 1 aliphatic heterocycles. The lowest BCUT2D eigenvalue weighted by Crippen LogP contribution is -2.19. The fourth-order valence-corrected chi connectivity index (χ4v) is 2.71. The molecule has 0 bridgehead atoms. The van der Waals surface area contributed by atoms with E-state index in [-0.39, 0.29) is 5.97 Å². The number of thioether (sulfide) groups is 1. The van der Waals surface area contributed by atoms with E-state index in [0.29, 0.717) is 19.0 Å². The Bertz CT molecular complexity index is 434. The maximum Gasteiger partial charge on any atom is 0.307 e. The van der Waals surface area contributed by atoms with Crippen molar-refractivity contribution in [3.05, 3.63) is 35.9 Å². The van der Waals surface area contributed by atoms with Crippen molar-refractivity contribution < 1.29 is 9.53 Å². The van der Waals surface area contributed by atoms with E-state index in [9.17, 15) is 4.79 Å². The molecule has 0 amide bonds. The number of nitrogens with one attached hydrogen (secondary N) is 1. The van der Waals surface area contributed by atoms with Crippen LogP contribution >= 0.6 is 11.8 Å². The Morgan fingerprint density at radius 2 is 2.28 bits per heavy atom. The van der Waals surface area contributed by atoms with Gasteiger partial charge < -0.3 is 10.1 Å². The van der Waals surface area contributed by atoms with Crippen molar-refractivity contribution in [3.63, 3.8) is 0 Å². The minimum atomic E-state index is -0.220. The standard InChI is InChI=1S/C13H16N2O2S/c1-17-12(16)7-8-14-13-15-11(9-18-13)10-5-3-2-4-6-10/h2-6,11H,7-9H2,1H3,(H,14,15). The quantitative estimate of drug-likeness (QED) is 0.845. The zero-order chi connectivity index (χ0) is 12.8. The third-order valence-corrected chi connectivity index (χ3v) is 3.71. The summed E-state index contributed by atoms with van der Waals surface area (Å²) < 4.78 is 4.57. The van der Waals surface area contributed by atoms with Gasteiger partial charge in [-0.2, -0.15) is 0 Å². The summed E-state index contributed by atoms with van der Waals surface area (Å²) in [6, 6.07) is 10.6. The number of esters is 1. The molecule has 1 saturated heterocycles. The lowest BCUT2D eigenvalue weighted by molar-refractivity contribution is -0.140. The monoisotopic (exact) mass is 264 g/mol. The smallest absolute Gasteiger partial charge is 0.307 e. The van der Waals surface area contributed by atoms with E-state index in [1.54, 1.807) is 11.8 Å². The van der Waals surface area contributed by atoms with Gasteiger partial charge in [0.15, 0.2) is 5.17 Å². The molecule has 96 valence electrons. The van der Waals surface area contributed by atoms with Crippen molar-refractivity contribution in [2.45, 2.75) is 12.5 Å². The molecule has 1 unspecified atom stereocenters. The second-order valence-electron chi connectivity index (χ2n) is 3.93. The van der Waals surface area contributed by atoms with Crippen molar-refractivity contribution in [1.82, 2.24) is 5.32 Å². The lowest BCUT2D eigenvalue weighted by Gasteiger charge is -2.09. The number of hydrogen-bond acceptors (Lipinski definition) is 4. The molecule has 0 aromatic heterocycles. The molecule has 0 radical (unpaired) electrons. The molecule has 1 aromatic rings. The molecule has 2 rings (SSSR count). The van der Waals surface area contributed by atoms with Crippen LogP contribution in [0.15, 0.2) is 35.3 Å². The molecule has 5 heteroatoms. The summed E-state index contributed by atoms with van der Waals surface area (Å²) in [4.78, 5) is 15.3. The van der Waals surface area contributed by atoms with Crippen LogP contribution in [0.1, 0.15) is 18.0 Å². The Balaban J connectivity index is 1.85. The second kappa shape index (κ2) is 6.44. The van der Waals surface area contributed by atoms with Crippen LogP contribution in [-0.4, -0.2) is 30.5 Å². The van der Waals surface area contributed by atoms with E-state index in [2.05, 4.69) is 27.2 Å². The van der Waals surface area contributed by atoms with Crippen molar-refractivity contribution in [2.75, 3.05) is 19.4 Å². The molecule has 1 fully saturated rings. The number of nitrogens with zero attached hydrogens (tertiary/aromatic N) is 1. The Kier molecular flexibility index (Phi) is 4.64. The van der Waals surface area contributed by atoms with Crippen molar-refractivity contribution >= 4 is 22.9 Å². The highest BCUT2D eigenvalue weighted by atomic mass is 32.2. The molecule has 1 atom stereocenters. The molecule has 0 saturated carbocycles. The average Bonchev–Trinajstić information content (AvgIpc) is 2.88. The summed E-state index contributed by atoms with van der Waals surface area (Å²) in [5.41, 5.74) is 1.27. The Labute approximate surface area is 111 Å². The Morgan fingerprint density at radius 1 is 1.50 bits per heavy atom. The number of amidine groups is 1. The molecule has 1 aromatic carbocycles. The van der Waals surface area contributed by atoms with Crippen LogP contribution in [-0.2, 0) is 9.53 Å². The number of benzene rings is 1. The van der Waals surface area contributed by atoms with Crippen LogP contribution in [0.3, 0.4) is 0 Å². The van der Waals surface area contributed by atoms with Crippen LogP contribution in [0.4, 0.5) is 0 Å². The van der Waals surface area contributed by atoms with Gasteiger partial charge in [0.05, 0.1) is 26.1 Å². The zero-order valence-electron chi connectivity index (χ0n) is 10.3. The Hall–Kier alpha value is -1.49. The fraction of sp³-hybridized carbons (Fsp3) is 0.385. The second-order valence-corrected chi connectivity index (χ2v) is 4.94. The van der Waals surface area contributed by atoms with Gasteiger partial charge in [0.1, 0.15) is 0 Å². The number of rotatable bonds is 4. The number of methoxy groups -OCH3 is 1. The highest BCUT2D eigenvalue weighted by molar-refractivity contribution is 8.14. The van der Waals surface area contributed by atoms with Crippen LogP contribution in [0.2, 0.25) is 0 Å². The minimum Gasteiger partial charge on any atom is -0.469 e. The van der Waals surface area contributed by atoms with Gasteiger partial charge in [-0.15, -0.1) is 0 Å². The topological polar surface area (TPSA) is 50.7 Å². The largest absolute Gasteiger partial charge is 0.469 e. The van der Waals surface area contributed by atoms with Crippen molar-refractivity contribution in [2.24, 2.45) is 4.99 Å². The van der Waals surface area contributed by atoms with E-state index >= 15 is 0 Å². The molecule has 4 nitrogen and oxygen atoms in total. The predicted molar refractivity (Wildman–Crippen MR) is 73.7 cm³/mol. The molecule has 18 heavy (non-hydrogen) atoms. The third kappa shape index (κ3) is 3.50. The van der Waals surface area contributed by atoms with Crippen molar-refractivity contribution in [1.29, 1.82) is 0 Å². The molecule has 1 N–H and O–H groups in total. The van der Waals surface area contributed by atoms with Gasteiger partial charge in [0, 0.05) is 5.75 Å². The number of ether oxygens (including phenoxy) is 1. The average molecular weight is 264 g/mol. The van der Waals surface area contributed by atoms with Gasteiger partial charge in [0.2, 0.25) is 0 Å². The summed E-state index contributed by atoms with van der Waals surface area (Å²) in [5, 5.41) is 4.27. The first kappa shape index (κ1) is 13.0. The van der Waals surface area contributed by atoms with Crippen LogP contribution < -0.4 is 5.32 Å². The molecule has 1 aliphatic rings. The van der Waals surface area contributed by atoms with Crippen molar-refractivity contribution in [3.8, 4) is 0 Å². The number of carbonyl (C=O) groups is 1. The van der Waals surface area contributed by atoms with Gasteiger partial charge >= 0.3 is 5.97 Å². The van der Waals surface area contributed by atoms with Gasteiger partial charge in [-0.1, -0.05) is 42.1 Å². The van der Waals surface area contributed by atoms with E-state index in [0.717, 1.165) is 10.9 Å². The SMILES string of the molecule is COC(=O)CCN=C1NC(c2ccccc2)CS1. The molecule has 1 heterocycles. The summed E-state index contributed by atoms with van der Waals surface area (Å²) in [6.07, 6.45) is 0.332. The first-order valence-electron chi connectivity index (χ1n) is 5.85. The van der Waals surface area contributed by atoms with Crippen LogP contribution in [0, 0.1) is 0 Å². The van der Waals surface area contributed by atoms with Gasteiger partial charge in [-0.05, 0) is 5.56 Å². The van der Waals surface area contributed by atoms with E-state index in [4.69, 9.17) is 0 Å².